The molecule has 0 bridgehead atoms. The Morgan fingerprint density at radius 2 is 1.60 bits per heavy atom. The van der Waals surface area contributed by atoms with Gasteiger partial charge in [0.2, 0.25) is 0 Å². The van der Waals surface area contributed by atoms with Crippen LogP contribution in [0.15, 0.2) is 146 Å². The summed E-state index contributed by atoms with van der Waals surface area (Å²) < 4.78 is 0. The molecule has 0 radical (unpaired) electrons. The van der Waals surface area contributed by atoms with Gasteiger partial charge in [0.15, 0.2) is 5.78 Å². The molecule has 0 amide bonds. The van der Waals surface area contributed by atoms with Crippen molar-refractivity contribution in [3.8, 4) is 12.8 Å². The van der Waals surface area contributed by atoms with Crippen molar-refractivity contribution in [2.75, 3.05) is 11.9 Å². The van der Waals surface area contributed by atoms with E-state index in [0.717, 1.165) is 79.7 Å². The summed E-state index contributed by atoms with van der Waals surface area (Å²) in [5.74, 6) is 0.149. The average molecular weight is 883 g/mol. The molecule has 5 rings (SSSR count). The number of fused-ring (bicyclic) bond motifs is 2. The molecule has 0 saturated carbocycles. The molecule has 7 nitrogen and oxygen atoms in total. The number of aliphatic carboxylic acids is 1. The molecule has 7 heteroatoms. The van der Waals surface area contributed by atoms with Gasteiger partial charge in [-0.15, -0.1) is 12.8 Å². The number of nitrogens with one attached hydrogen (secondary N) is 3. The lowest BCUT2D eigenvalue weighted by molar-refractivity contribution is -0.137. The van der Waals surface area contributed by atoms with Crippen molar-refractivity contribution in [1.29, 1.82) is 0 Å². The minimum Gasteiger partial charge on any atom is -0.481 e. The number of aryl methyl sites for hydroxylation is 1. The number of nitrogens with two attached hydrogens (primary N) is 1. The third-order valence-electron chi connectivity index (χ3n) is 10.9. The fourth-order valence-corrected chi connectivity index (χ4v) is 7.49. The Morgan fingerprint density at radius 1 is 0.908 bits per heavy atom. The molecule has 0 fully saturated rings. The van der Waals surface area contributed by atoms with Gasteiger partial charge in [-0.05, 0) is 124 Å². The lowest BCUT2D eigenvalue weighted by Gasteiger charge is -2.21. The third-order valence-corrected chi connectivity index (χ3v) is 10.9. The number of rotatable bonds is 23. The third kappa shape index (κ3) is 23.6. The van der Waals surface area contributed by atoms with Crippen molar-refractivity contribution in [2.45, 2.75) is 149 Å². The lowest BCUT2D eigenvalue weighted by atomic mass is 9.91. The van der Waals surface area contributed by atoms with Crippen molar-refractivity contribution >= 4 is 23.0 Å². The second kappa shape index (κ2) is 35.5. The van der Waals surface area contributed by atoms with Crippen LogP contribution in [0.4, 0.5) is 5.69 Å². The van der Waals surface area contributed by atoms with Crippen LogP contribution in [-0.4, -0.2) is 35.5 Å². The van der Waals surface area contributed by atoms with Gasteiger partial charge in [-0.3, -0.25) is 9.59 Å². The van der Waals surface area contributed by atoms with E-state index in [9.17, 15) is 9.59 Å². The maximum absolute atomic E-state index is 12.0. The molecule has 2 aliphatic carbocycles. The summed E-state index contributed by atoms with van der Waals surface area (Å²) in [6.45, 7) is 21.6. The first-order valence-electron chi connectivity index (χ1n) is 23.8. The monoisotopic (exact) mass is 883 g/mol. The first-order valence-corrected chi connectivity index (χ1v) is 23.8. The summed E-state index contributed by atoms with van der Waals surface area (Å²) in [6.07, 6.45) is 34.2. The number of allylic oxidation sites excluding steroid dienone is 7. The van der Waals surface area contributed by atoms with Gasteiger partial charge in [0.05, 0.1) is 0 Å². The van der Waals surface area contributed by atoms with Crippen LogP contribution in [0, 0.1) is 12.8 Å². The number of carboxylic acids is 1. The maximum atomic E-state index is 12.0. The molecule has 352 valence electrons. The van der Waals surface area contributed by atoms with Crippen molar-refractivity contribution in [1.82, 2.24) is 10.6 Å². The van der Waals surface area contributed by atoms with E-state index in [-0.39, 0.29) is 18.2 Å². The van der Waals surface area contributed by atoms with Gasteiger partial charge in [-0.1, -0.05) is 151 Å². The minimum atomic E-state index is -0.736. The van der Waals surface area contributed by atoms with Crippen LogP contribution >= 0.6 is 0 Å². The van der Waals surface area contributed by atoms with E-state index in [2.05, 4.69) is 118 Å². The second-order valence-electron chi connectivity index (χ2n) is 16.2. The molecule has 0 aliphatic heterocycles. The fraction of sp³-hybridized carbons (Fsp3) is 0.414. The number of carbonyl (C=O) groups excluding carboxylic acids is 1. The van der Waals surface area contributed by atoms with Gasteiger partial charge in [0.25, 0.3) is 0 Å². The Bertz CT molecular complexity index is 1950. The summed E-state index contributed by atoms with van der Waals surface area (Å²) in [7, 11) is 0. The number of unbranched alkanes of at least 4 members (excludes halogenated alkanes) is 2. The molecular formula is C58H82N4O3. The van der Waals surface area contributed by atoms with Gasteiger partial charge in [-0.2, -0.15) is 0 Å². The number of ketones is 1. The molecular weight excluding hydrogens is 801 g/mol. The van der Waals surface area contributed by atoms with Gasteiger partial charge in [-0.25, -0.2) is 0 Å². The van der Waals surface area contributed by atoms with Crippen LogP contribution in [0.25, 0.3) is 5.57 Å². The van der Waals surface area contributed by atoms with Crippen LogP contribution in [0.5, 0.6) is 0 Å². The predicted octanol–water partition coefficient (Wildman–Crippen LogP) is 14.1. The molecule has 2 aliphatic rings. The van der Waals surface area contributed by atoms with E-state index in [1.807, 2.05) is 80.7 Å². The Labute approximate surface area is 394 Å². The average Bonchev–Trinajstić information content (AvgIpc) is 3.65. The van der Waals surface area contributed by atoms with Gasteiger partial charge >= 0.3 is 5.97 Å². The molecule has 0 saturated heterocycles. The van der Waals surface area contributed by atoms with Crippen LogP contribution in [0.3, 0.4) is 0 Å². The van der Waals surface area contributed by atoms with Crippen molar-refractivity contribution in [2.24, 2.45) is 5.73 Å². The Balaban J connectivity index is 0.000000452. The largest absolute Gasteiger partial charge is 0.481 e. The number of benzene rings is 3. The van der Waals surface area contributed by atoms with Gasteiger partial charge in [0, 0.05) is 60.0 Å². The van der Waals surface area contributed by atoms with Crippen molar-refractivity contribution in [3.63, 3.8) is 0 Å². The zero-order valence-electron chi connectivity index (χ0n) is 40.7. The van der Waals surface area contributed by atoms with Crippen molar-refractivity contribution < 1.29 is 14.7 Å². The SMILES string of the molecule is C#C.C=C(C)Nc1ccc(CCCC(=O)O)cc1.C=C(NC(C=CC)CC)C(N)CCCCCC(=O)c1ccccc1.CC/C=C/NCCC.CCC1C2=C(CCC=C2)c2ccccc21. The zero-order chi connectivity index (χ0) is 48.2. The number of hydrogen-bond donors (Lipinski definition) is 5. The number of carbonyl (C=O) groups is 2. The topological polar surface area (TPSA) is 116 Å². The van der Waals surface area contributed by atoms with E-state index in [0.29, 0.717) is 24.8 Å². The van der Waals surface area contributed by atoms with E-state index < -0.39 is 5.97 Å². The quantitative estimate of drug-likeness (QED) is 0.0279. The van der Waals surface area contributed by atoms with Crippen LogP contribution < -0.4 is 21.7 Å². The fourth-order valence-electron chi connectivity index (χ4n) is 7.49. The number of terminal acetylenes is 1. The smallest absolute Gasteiger partial charge is 0.303 e. The molecule has 65 heavy (non-hydrogen) atoms. The zero-order valence-corrected chi connectivity index (χ0v) is 40.7. The highest BCUT2D eigenvalue weighted by atomic mass is 16.4. The molecule has 3 atom stereocenters. The van der Waals surface area contributed by atoms with E-state index in [1.165, 1.54) is 31.2 Å². The molecule has 6 N–H and O–H groups in total. The number of Topliss-reactive ketones (excluding diaryl/α,β-unsaturated/α-hetero) is 1. The van der Waals surface area contributed by atoms with Crippen molar-refractivity contribution in [3.05, 3.63) is 168 Å². The predicted molar refractivity (Wildman–Crippen MR) is 281 cm³/mol. The van der Waals surface area contributed by atoms with E-state index in [1.54, 1.807) is 16.7 Å². The minimum absolute atomic E-state index is 0.0332. The first kappa shape index (κ1) is 57.2. The van der Waals surface area contributed by atoms with Crippen LogP contribution in [-0.2, 0) is 11.2 Å². The molecule has 0 spiro atoms. The Kier molecular flexibility index (Phi) is 31.2. The highest BCUT2D eigenvalue weighted by molar-refractivity contribution is 5.95. The van der Waals surface area contributed by atoms with E-state index in [4.69, 9.17) is 10.8 Å². The molecule has 3 aromatic rings. The number of carboxylic acid groups (broad SMARTS) is 1. The van der Waals surface area contributed by atoms with Gasteiger partial charge < -0.3 is 26.8 Å². The summed E-state index contributed by atoms with van der Waals surface area (Å²) in [6, 6.07) is 26.7. The Hall–Kier alpha value is -5.84. The molecule has 3 aromatic carbocycles. The second-order valence-corrected chi connectivity index (χ2v) is 16.2. The molecule has 3 unspecified atom stereocenters. The first-order chi connectivity index (χ1) is 31.5. The lowest BCUT2D eigenvalue weighted by Crippen LogP contribution is -2.35. The highest BCUT2D eigenvalue weighted by Crippen LogP contribution is 2.47. The van der Waals surface area contributed by atoms with Crippen LogP contribution in [0.1, 0.15) is 158 Å². The standard InChI is InChI=1S/C21H32N2O.C15H16.C13H17NO2.C7H15N.C2H2/c1-4-12-19(5-2)23-17(3)20(22)15-10-7-11-16-21(24)18-13-8-6-9-14-18;1-2-11-12-7-3-5-9-14(12)15-10-6-4-8-13(11)15;1-10(2)14-12-8-6-11(7-9-12)4-3-5-13(15)16;1-3-5-7-8-6-4-2;1-2/h4,6,8-9,12-14,19-20,23H,3,5,7,10-11,15-16,22H2,1-2H3;3-5,7-9,11H,2,6,10H2,1H3;6-9,14H,1,3-5H2,2H3,(H,15,16);5,7-8H,3-4,6H2,1-2H3;1-2H/b;;;7-5+;. The summed E-state index contributed by atoms with van der Waals surface area (Å²) in [4.78, 5) is 22.4. The summed E-state index contributed by atoms with van der Waals surface area (Å²) >= 11 is 0. The number of anilines is 1. The summed E-state index contributed by atoms with van der Waals surface area (Å²) in [5, 5.41) is 18.2. The maximum Gasteiger partial charge on any atom is 0.303 e. The molecule has 0 heterocycles. The number of hydrogen-bond acceptors (Lipinski definition) is 6. The highest BCUT2D eigenvalue weighted by Gasteiger charge is 2.28. The molecule has 0 aromatic heterocycles. The normalized spacial score (nSPS) is 14.0. The van der Waals surface area contributed by atoms with Crippen LogP contribution in [0.2, 0.25) is 0 Å². The Morgan fingerprint density at radius 3 is 2.22 bits per heavy atom. The van der Waals surface area contributed by atoms with Gasteiger partial charge in [0.1, 0.15) is 0 Å². The summed E-state index contributed by atoms with van der Waals surface area (Å²) in [5.41, 5.74) is 17.2. The van der Waals surface area contributed by atoms with E-state index >= 15 is 0 Å².